The zero-order chi connectivity index (χ0) is 33.8. The normalized spacial score (nSPS) is 16.8. The van der Waals surface area contributed by atoms with Gasteiger partial charge in [-0.15, -0.1) is 17.5 Å². The van der Waals surface area contributed by atoms with Gasteiger partial charge >= 0.3 is 18.3 Å². The first-order valence-corrected chi connectivity index (χ1v) is 15.0. The molecular weight excluding hydrogens is 654 g/mol. The van der Waals surface area contributed by atoms with Crippen molar-refractivity contribution in [2.75, 3.05) is 30.0 Å². The summed E-state index contributed by atoms with van der Waals surface area (Å²) in [7, 11) is 3.06. The summed E-state index contributed by atoms with van der Waals surface area (Å²) in [6.45, 7) is 4.82. The van der Waals surface area contributed by atoms with Crippen LogP contribution in [0.2, 0.25) is 0 Å². The lowest BCUT2D eigenvalue weighted by molar-refractivity contribution is -0.143. The molecule has 0 aliphatic heterocycles. The predicted molar refractivity (Wildman–Crippen MR) is 166 cm³/mol. The standard InChI is InChI=1S/C31H38F6N6O3.ClH/c1-5-42(16-21-8-6-20(7-9-21)13-28(44)45)26-15-27(46-4)19(2)10-23(26)18-43(29-38-40-41(3)39-29)17-22-11-24(30(32,33)34)14-25(12-22)31(35,36)37;/h10-12,14-15,20-21H,5-9,13,16-18H2,1-4H3,(H,44,45);1H. The number of carbonyl (C=O) groups is 1. The summed E-state index contributed by atoms with van der Waals surface area (Å²) in [4.78, 5) is 16.0. The second-order valence-corrected chi connectivity index (χ2v) is 11.8. The van der Waals surface area contributed by atoms with E-state index in [0.717, 1.165) is 47.3 Å². The Bertz CT molecular complexity index is 1480. The summed E-state index contributed by atoms with van der Waals surface area (Å²) in [6.07, 6.45) is -6.42. The van der Waals surface area contributed by atoms with E-state index in [2.05, 4.69) is 20.3 Å². The summed E-state index contributed by atoms with van der Waals surface area (Å²) >= 11 is 0. The van der Waals surface area contributed by atoms with Crippen molar-refractivity contribution < 1.29 is 41.0 Å². The Morgan fingerprint density at radius 3 is 2.04 bits per heavy atom. The molecule has 0 bridgehead atoms. The fourth-order valence-corrected chi connectivity index (χ4v) is 6.09. The maximum atomic E-state index is 13.7. The topological polar surface area (TPSA) is 96.6 Å². The molecule has 0 atom stereocenters. The summed E-state index contributed by atoms with van der Waals surface area (Å²) in [5, 5.41) is 21.3. The Morgan fingerprint density at radius 2 is 1.55 bits per heavy atom. The number of carboxylic acid groups (broad SMARTS) is 1. The Hall–Kier alpha value is -3.75. The van der Waals surface area contributed by atoms with Crippen molar-refractivity contribution >= 4 is 30.0 Å². The van der Waals surface area contributed by atoms with E-state index >= 15 is 0 Å². The number of hydrogen-bond donors (Lipinski definition) is 1. The number of nitrogens with zero attached hydrogens (tertiary/aromatic N) is 6. The second kappa shape index (κ2) is 15.4. The van der Waals surface area contributed by atoms with Crippen molar-refractivity contribution in [2.45, 2.75) is 71.4 Å². The van der Waals surface area contributed by atoms with Gasteiger partial charge in [0.05, 0.1) is 25.3 Å². The number of rotatable bonds is 12. The summed E-state index contributed by atoms with van der Waals surface area (Å²) in [6, 6.07) is 5.29. The van der Waals surface area contributed by atoms with E-state index in [-0.39, 0.29) is 55.4 Å². The molecule has 0 radical (unpaired) electrons. The first-order valence-electron chi connectivity index (χ1n) is 15.0. The van der Waals surface area contributed by atoms with Crippen LogP contribution in [0.3, 0.4) is 0 Å². The molecular formula is C31H39ClF6N6O3. The van der Waals surface area contributed by atoms with E-state index in [0.29, 0.717) is 36.9 Å². The Balaban J connectivity index is 0.00000600. The van der Waals surface area contributed by atoms with Gasteiger partial charge in [-0.25, -0.2) is 0 Å². The monoisotopic (exact) mass is 692 g/mol. The van der Waals surface area contributed by atoms with Crippen LogP contribution in [0.25, 0.3) is 0 Å². The van der Waals surface area contributed by atoms with Gasteiger partial charge in [0, 0.05) is 44.4 Å². The van der Waals surface area contributed by atoms with Crippen molar-refractivity contribution in [3.8, 4) is 5.75 Å². The number of anilines is 2. The van der Waals surface area contributed by atoms with E-state index < -0.39 is 29.4 Å². The summed E-state index contributed by atoms with van der Waals surface area (Å²) in [5.74, 6) is 0.332. The van der Waals surface area contributed by atoms with Crippen LogP contribution in [0.4, 0.5) is 38.0 Å². The van der Waals surface area contributed by atoms with E-state index in [1.165, 1.54) is 11.9 Å². The van der Waals surface area contributed by atoms with Gasteiger partial charge in [-0.2, -0.15) is 31.1 Å². The van der Waals surface area contributed by atoms with Crippen molar-refractivity contribution in [1.29, 1.82) is 0 Å². The van der Waals surface area contributed by atoms with Crippen molar-refractivity contribution in [3.05, 3.63) is 58.1 Å². The molecule has 1 N–H and O–H groups in total. The average molecular weight is 693 g/mol. The highest BCUT2D eigenvalue weighted by Gasteiger charge is 2.37. The number of methoxy groups -OCH3 is 1. The van der Waals surface area contributed by atoms with Gasteiger partial charge in [-0.05, 0) is 97.5 Å². The van der Waals surface area contributed by atoms with Crippen LogP contribution in [0.5, 0.6) is 5.75 Å². The lowest BCUT2D eigenvalue weighted by atomic mass is 9.80. The molecule has 1 saturated carbocycles. The minimum Gasteiger partial charge on any atom is -0.496 e. The largest absolute Gasteiger partial charge is 0.496 e. The number of hydrogen-bond acceptors (Lipinski definition) is 7. The van der Waals surface area contributed by atoms with Crippen molar-refractivity contribution in [2.24, 2.45) is 18.9 Å². The molecule has 1 aliphatic carbocycles. The van der Waals surface area contributed by atoms with E-state index in [1.54, 1.807) is 7.11 Å². The number of alkyl halides is 6. The number of aliphatic carboxylic acids is 1. The predicted octanol–water partition coefficient (Wildman–Crippen LogP) is 7.30. The lowest BCUT2D eigenvalue weighted by Crippen LogP contribution is -2.33. The smallest absolute Gasteiger partial charge is 0.416 e. The van der Waals surface area contributed by atoms with E-state index in [1.807, 2.05) is 26.0 Å². The molecule has 0 saturated heterocycles. The quantitative estimate of drug-likeness (QED) is 0.198. The van der Waals surface area contributed by atoms with Gasteiger partial charge < -0.3 is 19.6 Å². The Kier molecular flexibility index (Phi) is 12.4. The molecule has 260 valence electrons. The van der Waals surface area contributed by atoms with Crippen LogP contribution in [0.15, 0.2) is 30.3 Å². The highest BCUT2D eigenvalue weighted by molar-refractivity contribution is 5.85. The first-order chi connectivity index (χ1) is 21.6. The minimum atomic E-state index is -4.99. The zero-order valence-electron chi connectivity index (χ0n) is 26.5. The second-order valence-electron chi connectivity index (χ2n) is 11.8. The molecule has 1 aromatic heterocycles. The number of aryl methyl sites for hydroxylation is 2. The molecule has 1 heterocycles. The van der Waals surface area contributed by atoms with Crippen molar-refractivity contribution in [3.63, 3.8) is 0 Å². The maximum Gasteiger partial charge on any atom is 0.416 e. The Labute approximate surface area is 275 Å². The number of tetrazole rings is 1. The number of halogens is 7. The van der Waals surface area contributed by atoms with Crippen LogP contribution in [0, 0.1) is 18.8 Å². The van der Waals surface area contributed by atoms with Gasteiger partial charge in [-0.1, -0.05) is 5.10 Å². The molecule has 4 rings (SSSR count). The molecule has 0 amide bonds. The van der Waals surface area contributed by atoms with Gasteiger partial charge in [0.25, 0.3) is 5.95 Å². The minimum absolute atomic E-state index is 0. The molecule has 2 aromatic carbocycles. The maximum absolute atomic E-state index is 13.7. The molecule has 1 fully saturated rings. The summed E-state index contributed by atoms with van der Waals surface area (Å²) in [5.41, 5.74) is -0.688. The van der Waals surface area contributed by atoms with E-state index in [9.17, 15) is 36.2 Å². The number of aromatic nitrogens is 4. The third kappa shape index (κ3) is 9.88. The van der Waals surface area contributed by atoms with Crippen LogP contribution >= 0.6 is 12.4 Å². The molecule has 0 spiro atoms. The zero-order valence-corrected chi connectivity index (χ0v) is 27.3. The molecule has 0 unspecified atom stereocenters. The van der Waals surface area contributed by atoms with Crippen molar-refractivity contribution in [1.82, 2.24) is 20.2 Å². The number of benzene rings is 2. The fourth-order valence-electron chi connectivity index (χ4n) is 6.09. The third-order valence-electron chi connectivity index (χ3n) is 8.39. The van der Waals surface area contributed by atoms with Crippen LogP contribution in [-0.2, 0) is 37.3 Å². The van der Waals surface area contributed by atoms with E-state index in [4.69, 9.17) is 4.74 Å². The Morgan fingerprint density at radius 1 is 0.957 bits per heavy atom. The number of ether oxygens (including phenoxy) is 1. The molecule has 16 heteroatoms. The van der Waals surface area contributed by atoms with Crippen LogP contribution in [0.1, 0.15) is 66.8 Å². The molecule has 9 nitrogen and oxygen atoms in total. The molecule has 47 heavy (non-hydrogen) atoms. The lowest BCUT2D eigenvalue weighted by Gasteiger charge is -2.35. The highest BCUT2D eigenvalue weighted by atomic mass is 35.5. The van der Waals surface area contributed by atoms with Gasteiger partial charge in [0.1, 0.15) is 5.75 Å². The van der Waals surface area contributed by atoms with Crippen LogP contribution < -0.4 is 14.5 Å². The van der Waals surface area contributed by atoms with Gasteiger partial charge in [-0.3, -0.25) is 4.79 Å². The molecule has 1 aliphatic rings. The van der Waals surface area contributed by atoms with Gasteiger partial charge in [0.15, 0.2) is 0 Å². The first kappa shape index (κ1) is 37.7. The number of carboxylic acids is 1. The SMILES string of the molecule is CCN(CC1CCC(CC(=O)O)CC1)c1cc(OC)c(C)cc1CN(Cc1cc(C(F)(F)F)cc(C(F)(F)F)c1)c1nnn(C)n1.Cl. The average Bonchev–Trinajstić information content (AvgIpc) is 3.41. The van der Waals surface area contributed by atoms with Gasteiger partial charge in [0.2, 0.25) is 0 Å². The summed E-state index contributed by atoms with van der Waals surface area (Å²) < 4.78 is 87.5. The highest BCUT2D eigenvalue weighted by Crippen LogP contribution is 2.38. The fraction of sp³-hybridized carbons (Fsp3) is 0.548. The molecule has 3 aromatic rings. The van der Waals surface area contributed by atoms with Crippen LogP contribution in [-0.4, -0.2) is 51.5 Å². The third-order valence-corrected chi connectivity index (χ3v) is 8.39.